The molecule has 0 unspecified atom stereocenters. The molecule has 0 aliphatic heterocycles. The molecule has 2 fully saturated rings. The molecule has 1 nitrogen and oxygen atoms in total. The summed E-state index contributed by atoms with van der Waals surface area (Å²) in [5, 5.41) is 0. The van der Waals surface area contributed by atoms with Gasteiger partial charge in [0.2, 0.25) is 0 Å². The molecule has 0 radical (unpaired) electrons. The van der Waals surface area contributed by atoms with Crippen molar-refractivity contribution < 1.29 is 4.74 Å². The van der Waals surface area contributed by atoms with Crippen molar-refractivity contribution in [3.05, 3.63) is 12.3 Å². The van der Waals surface area contributed by atoms with Crippen molar-refractivity contribution in [2.45, 2.75) is 97.0 Å². The summed E-state index contributed by atoms with van der Waals surface area (Å²) in [5.41, 5.74) is 0. The third-order valence-corrected chi connectivity index (χ3v) is 5.74. The van der Waals surface area contributed by atoms with Crippen molar-refractivity contribution in [3.63, 3.8) is 0 Å². The van der Waals surface area contributed by atoms with E-state index in [1.165, 1.54) is 70.6 Å². The van der Waals surface area contributed by atoms with Gasteiger partial charge in [-0.05, 0) is 68.8 Å². The number of rotatable bonds is 7. The van der Waals surface area contributed by atoms with Crippen LogP contribution in [0.25, 0.3) is 0 Å². The minimum atomic E-state index is 0.505. The van der Waals surface area contributed by atoms with Gasteiger partial charge < -0.3 is 4.74 Å². The first-order chi connectivity index (χ1) is 10.3. The minimum Gasteiger partial charge on any atom is -0.498 e. The predicted octanol–water partition coefficient (Wildman–Crippen LogP) is 6.48. The van der Waals surface area contributed by atoms with Crippen molar-refractivity contribution in [1.29, 1.82) is 0 Å². The highest BCUT2D eigenvalue weighted by Crippen LogP contribution is 2.41. The highest BCUT2D eigenvalue weighted by atomic mass is 16.5. The van der Waals surface area contributed by atoms with Gasteiger partial charge >= 0.3 is 0 Å². The quantitative estimate of drug-likeness (QED) is 0.488. The number of unbranched alkanes of at least 4 members (excludes halogenated alkanes) is 1. The van der Waals surface area contributed by atoms with Crippen LogP contribution >= 0.6 is 0 Å². The second-order valence-electron chi connectivity index (χ2n) is 7.41. The molecule has 2 aliphatic carbocycles. The molecule has 0 spiro atoms. The Bertz CT molecular complexity index is 288. The van der Waals surface area contributed by atoms with Crippen LogP contribution in [-0.4, -0.2) is 6.10 Å². The Morgan fingerprint density at radius 2 is 1.71 bits per heavy atom. The molecule has 122 valence electrons. The molecule has 0 amide bonds. The average molecular weight is 293 g/mol. The lowest BCUT2D eigenvalue weighted by molar-refractivity contribution is 0.0511. The van der Waals surface area contributed by atoms with E-state index in [1.807, 2.05) is 6.26 Å². The fraction of sp³-hybridized carbons (Fsp3) is 0.900. The first-order valence-electron chi connectivity index (χ1n) is 9.63. The van der Waals surface area contributed by atoms with Crippen LogP contribution in [0, 0.1) is 17.8 Å². The Hall–Kier alpha value is -0.460. The summed E-state index contributed by atoms with van der Waals surface area (Å²) < 4.78 is 5.99. The van der Waals surface area contributed by atoms with Gasteiger partial charge in [-0.25, -0.2) is 0 Å². The van der Waals surface area contributed by atoms with E-state index in [1.54, 1.807) is 0 Å². The van der Waals surface area contributed by atoms with Gasteiger partial charge in [0, 0.05) is 0 Å². The van der Waals surface area contributed by atoms with Gasteiger partial charge in [-0.2, -0.15) is 0 Å². The fourth-order valence-corrected chi connectivity index (χ4v) is 4.49. The van der Waals surface area contributed by atoms with E-state index in [9.17, 15) is 0 Å². The van der Waals surface area contributed by atoms with Crippen LogP contribution in [0.3, 0.4) is 0 Å². The Morgan fingerprint density at radius 1 is 0.905 bits per heavy atom. The van der Waals surface area contributed by atoms with Gasteiger partial charge in [0.1, 0.15) is 0 Å². The second-order valence-corrected chi connectivity index (χ2v) is 7.41. The summed E-state index contributed by atoms with van der Waals surface area (Å²) in [6, 6.07) is 0. The molecular weight excluding hydrogens is 256 g/mol. The second kappa shape index (κ2) is 9.54. The smallest absolute Gasteiger partial charge is 0.0981 e. The Labute approximate surface area is 132 Å². The van der Waals surface area contributed by atoms with Crippen LogP contribution in [0.4, 0.5) is 0 Å². The lowest BCUT2D eigenvalue weighted by Gasteiger charge is -2.38. The highest BCUT2D eigenvalue weighted by Gasteiger charge is 2.31. The maximum atomic E-state index is 5.99. The van der Waals surface area contributed by atoms with Crippen LogP contribution < -0.4 is 0 Å². The molecule has 0 heterocycles. The summed E-state index contributed by atoms with van der Waals surface area (Å²) in [5.74, 6) is 2.99. The molecule has 21 heavy (non-hydrogen) atoms. The third kappa shape index (κ3) is 5.68. The highest BCUT2D eigenvalue weighted by molar-refractivity contribution is 4.84. The summed E-state index contributed by atoms with van der Waals surface area (Å²) >= 11 is 0. The first kappa shape index (κ1) is 16.9. The van der Waals surface area contributed by atoms with Gasteiger partial charge in [-0.15, -0.1) is 0 Å². The van der Waals surface area contributed by atoms with Gasteiger partial charge in [-0.1, -0.05) is 46.0 Å². The van der Waals surface area contributed by atoms with Crippen LogP contribution in [-0.2, 0) is 4.74 Å². The Balaban J connectivity index is 1.71. The molecule has 0 aromatic heterocycles. The predicted molar refractivity (Wildman–Crippen MR) is 91.2 cm³/mol. The largest absolute Gasteiger partial charge is 0.498 e. The molecule has 2 aliphatic rings. The summed E-state index contributed by atoms with van der Waals surface area (Å²) in [7, 11) is 0. The standard InChI is InChI=1S/C20H36O/c1-3-5-6-15-21-20-10-7-9-19(16-20)18-13-11-17(8-4-2)12-14-18/h6,15,17-20H,3-5,7-14,16H2,1-2H3/t17?,18?,19-,20-/m1/s1. The van der Waals surface area contributed by atoms with Crippen LogP contribution in [0.1, 0.15) is 90.9 Å². The molecule has 2 rings (SSSR count). The van der Waals surface area contributed by atoms with Gasteiger partial charge in [0.05, 0.1) is 12.4 Å². The van der Waals surface area contributed by atoms with E-state index >= 15 is 0 Å². The molecule has 2 saturated carbocycles. The van der Waals surface area contributed by atoms with Crippen LogP contribution in [0.5, 0.6) is 0 Å². The number of allylic oxidation sites excluding steroid dienone is 1. The molecule has 0 saturated heterocycles. The molecule has 0 aromatic carbocycles. The van der Waals surface area contributed by atoms with E-state index < -0.39 is 0 Å². The third-order valence-electron chi connectivity index (χ3n) is 5.74. The Kier molecular flexibility index (Phi) is 7.68. The molecule has 0 aromatic rings. The molecular formula is C20H36O. The van der Waals surface area contributed by atoms with Crippen LogP contribution in [0.2, 0.25) is 0 Å². The zero-order chi connectivity index (χ0) is 14.9. The van der Waals surface area contributed by atoms with Crippen LogP contribution in [0.15, 0.2) is 12.3 Å². The zero-order valence-electron chi connectivity index (χ0n) is 14.4. The van der Waals surface area contributed by atoms with Gasteiger partial charge in [0.15, 0.2) is 0 Å². The van der Waals surface area contributed by atoms with Crippen molar-refractivity contribution in [2.24, 2.45) is 17.8 Å². The van der Waals surface area contributed by atoms with E-state index in [2.05, 4.69) is 19.9 Å². The lowest BCUT2D eigenvalue weighted by Crippen LogP contribution is -2.29. The van der Waals surface area contributed by atoms with E-state index in [4.69, 9.17) is 4.74 Å². The van der Waals surface area contributed by atoms with Crippen molar-refractivity contribution in [3.8, 4) is 0 Å². The molecule has 0 N–H and O–H groups in total. The zero-order valence-corrected chi connectivity index (χ0v) is 14.4. The van der Waals surface area contributed by atoms with Crippen molar-refractivity contribution in [1.82, 2.24) is 0 Å². The fourth-order valence-electron chi connectivity index (χ4n) is 4.49. The molecule has 2 atom stereocenters. The SMILES string of the molecule is CCCC=CO[C@@H]1CCC[C@@H](C2CCC(CCC)CC2)C1. The maximum Gasteiger partial charge on any atom is 0.0981 e. The minimum absolute atomic E-state index is 0.505. The molecule has 0 bridgehead atoms. The van der Waals surface area contributed by atoms with E-state index in [-0.39, 0.29) is 0 Å². The first-order valence-corrected chi connectivity index (χ1v) is 9.63. The maximum absolute atomic E-state index is 5.99. The summed E-state index contributed by atoms with van der Waals surface area (Å²) in [6.45, 7) is 4.55. The lowest BCUT2D eigenvalue weighted by atomic mass is 9.70. The topological polar surface area (TPSA) is 9.23 Å². The number of hydrogen-bond donors (Lipinski definition) is 0. The van der Waals surface area contributed by atoms with Crippen molar-refractivity contribution in [2.75, 3.05) is 0 Å². The van der Waals surface area contributed by atoms with E-state index in [0.29, 0.717) is 6.10 Å². The van der Waals surface area contributed by atoms with Gasteiger partial charge in [0.25, 0.3) is 0 Å². The number of hydrogen-bond acceptors (Lipinski definition) is 1. The normalized spacial score (nSPS) is 34.2. The summed E-state index contributed by atoms with van der Waals surface area (Å²) in [4.78, 5) is 0. The number of ether oxygens (including phenoxy) is 1. The van der Waals surface area contributed by atoms with Gasteiger partial charge in [-0.3, -0.25) is 0 Å². The average Bonchev–Trinajstić information content (AvgIpc) is 2.53. The monoisotopic (exact) mass is 292 g/mol. The Morgan fingerprint density at radius 3 is 2.43 bits per heavy atom. The summed E-state index contributed by atoms with van der Waals surface area (Å²) in [6.07, 6.45) is 21.3. The van der Waals surface area contributed by atoms with Crippen molar-refractivity contribution >= 4 is 0 Å². The molecule has 1 heteroatoms. The van der Waals surface area contributed by atoms with E-state index in [0.717, 1.165) is 24.2 Å².